The quantitative estimate of drug-likeness (QED) is 0.917. The van der Waals surface area contributed by atoms with Gasteiger partial charge in [0, 0.05) is 24.5 Å². The third kappa shape index (κ3) is 3.13. The topological polar surface area (TPSA) is 63.1 Å². The third-order valence-corrected chi connectivity index (χ3v) is 2.90. The van der Waals surface area contributed by atoms with E-state index in [0.717, 1.165) is 5.56 Å². The van der Waals surface area contributed by atoms with Crippen molar-refractivity contribution in [2.24, 2.45) is 0 Å². The van der Waals surface area contributed by atoms with Gasteiger partial charge in [-0.2, -0.15) is 0 Å². The summed E-state index contributed by atoms with van der Waals surface area (Å²) in [7, 11) is 0. The van der Waals surface area contributed by atoms with E-state index in [1.54, 1.807) is 19.1 Å². The van der Waals surface area contributed by atoms with Gasteiger partial charge in [0.1, 0.15) is 5.82 Å². The maximum absolute atomic E-state index is 13.3. The lowest BCUT2D eigenvalue weighted by Crippen LogP contribution is -2.10. The van der Waals surface area contributed by atoms with E-state index < -0.39 is 11.9 Å². The van der Waals surface area contributed by atoms with Crippen LogP contribution in [0.15, 0.2) is 36.8 Å². The highest BCUT2D eigenvalue weighted by Gasteiger charge is 2.20. The minimum atomic E-state index is -0.933. The Hall–Kier alpha value is -2.30. The van der Waals surface area contributed by atoms with Crippen molar-refractivity contribution in [2.75, 3.05) is 0 Å². The van der Waals surface area contributed by atoms with E-state index in [2.05, 4.69) is 9.97 Å². The van der Waals surface area contributed by atoms with Crippen molar-refractivity contribution in [1.82, 2.24) is 9.97 Å². The van der Waals surface area contributed by atoms with Gasteiger partial charge >= 0.3 is 5.97 Å². The molecular formula is C14H13FN2O2. The highest BCUT2D eigenvalue weighted by atomic mass is 19.1. The number of nitrogens with zero attached hydrogens (tertiary/aromatic N) is 2. The molecule has 0 aliphatic heterocycles. The van der Waals surface area contributed by atoms with Crippen LogP contribution in [-0.4, -0.2) is 21.0 Å². The molecule has 0 amide bonds. The first-order chi connectivity index (χ1) is 9.08. The van der Waals surface area contributed by atoms with E-state index in [4.69, 9.17) is 5.11 Å². The number of halogens is 1. The summed E-state index contributed by atoms with van der Waals surface area (Å²) < 4.78 is 13.3. The SMILES string of the molecule is Cc1cc(C(CC(=O)O)c2cnccn2)ccc1F. The maximum atomic E-state index is 13.3. The van der Waals surface area contributed by atoms with Crippen molar-refractivity contribution < 1.29 is 14.3 Å². The molecule has 0 aliphatic rings. The Morgan fingerprint density at radius 3 is 2.79 bits per heavy atom. The van der Waals surface area contributed by atoms with Crippen molar-refractivity contribution in [3.05, 3.63) is 59.4 Å². The Morgan fingerprint density at radius 1 is 1.42 bits per heavy atom. The Bertz CT molecular complexity index is 587. The van der Waals surface area contributed by atoms with Gasteiger partial charge in [-0.3, -0.25) is 14.8 Å². The highest BCUT2D eigenvalue weighted by molar-refractivity contribution is 5.68. The number of rotatable bonds is 4. The third-order valence-electron chi connectivity index (χ3n) is 2.90. The first kappa shape index (κ1) is 13.1. The molecule has 4 nitrogen and oxygen atoms in total. The molecule has 1 aromatic carbocycles. The second-order valence-corrected chi connectivity index (χ2v) is 4.29. The van der Waals surface area contributed by atoms with E-state index in [1.807, 2.05) is 0 Å². The number of carboxylic acid groups (broad SMARTS) is 1. The molecule has 0 fully saturated rings. The molecule has 0 saturated heterocycles. The largest absolute Gasteiger partial charge is 0.481 e. The van der Waals surface area contributed by atoms with Gasteiger partial charge < -0.3 is 5.11 Å². The zero-order valence-electron chi connectivity index (χ0n) is 10.4. The number of aryl methyl sites for hydroxylation is 1. The zero-order valence-corrected chi connectivity index (χ0v) is 10.4. The van der Waals surface area contributed by atoms with Crippen molar-refractivity contribution in [3.8, 4) is 0 Å². The van der Waals surface area contributed by atoms with Crippen LogP contribution in [0.2, 0.25) is 0 Å². The minimum absolute atomic E-state index is 0.107. The van der Waals surface area contributed by atoms with Crippen molar-refractivity contribution in [2.45, 2.75) is 19.3 Å². The summed E-state index contributed by atoms with van der Waals surface area (Å²) in [6.07, 6.45) is 4.47. The predicted octanol–water partition coefficient (Wildman–Crippen LogP) is 2.53. The van der Waals surface area contributed by atoms with Crippen LogP contribution in [0.5, 0.6) is 0 Å². The van der Waals surface area contributed by atoms with Gasteiger partial charge in [-0.1, -0.05) is 12.1 Å². The average Bonchev–Trinajstić information content (AvgIpc) is 2.40. The smallest absolute Gasteiger partial charge is 0.304 e. The molecule has 0 aliphatic carbocycles. The Balaban J connectivity index is 2.42. The van der Waals surface area contributed by atoms with E-state index in [0.29, 0.717) is 11.3 Å². The monoisotopic (exact) mass is 260 g/mol. The van der Waals surface area contributed by atoms with Crippen LogP contribution in [-0.2, 0) is 4.79 Å². The van der Waals surface area contributed by atoms with Gasteiger partial charge in [-0.05, 0) is 24.1 Å². The molecule has 1 unspecified atom stereocenters. The first-order valence-corrected chi connectivity index (χ1v) is 5.81. The molecule has 0 bridgehead atoms. The lowest BCUT2D eigenvalue weighted by atomic mass is 9.91. The molecule has 0 saturated carbocycles. The summed E-state index contributed by atoms with van der Waals surface area (Å²) in [5.41, 5.74) is 1.77. The van der Waals surface area contributed by atoms with E-state index in [1.165, 1.54) is 24.7 Å². The Morgan fingerprint density at radius 2 is 2.21 bits per heavy atom. The Labute approximate surface area is 110 Å². The second kappa shape index (κ2) is 5.56. The summed E-state index contributed by atoms with van der Waals surface area (Å²) in [5, 5.41) is 9.01. The lowest BCUT2D eigenvalue weighted by molar-refractivity contribution is -0.137. The average molecular weight is 260 g/mol. The fourth-order valence-corrected chi connectivity index (χ4v) is 1.94. The normalized spacial score (nSPS) is 12.1. The molecule has 19 heavy (non-hydrogen) atoms. The van der Waals surface area contributed by atoms with E-state index >= 15 is 0 Å². The van der Waals surface area contributed by atoms with E-state index in [9.17, 15) is 9.18 Å². The van der Waals surface area contributed by atoms with Gasteiger partial charge in [-0.15, -0.1) is 0 Å². The van der Waals surface area contributed by atoms with Crippen LogP contribution in [0, 0.1) is 12.7 Å². The molecule has 98 valence electrons. The molecule has 1 N–H and O–H groups in total. The fourth-order valence-electron chi connectivity index (χ4n) is 1.94. The molecule has 1 heterocycles. The zero-order chi connectivity index (χ0) is 13.8. The van der Waals surface area contributed by atoms with Crippen LogP contribution in [0.1, 0.15) is 29.2 Å². The molecule has 0 spiro atoms. The molecule has 0 radical (unpaired) electrons. The summed E-state index contributed by atoms with van der Waals surface area (Å²) >= 11 is 0. The highest BCUT2D eigenvalue weighted by Crippen LogP contribution is 2.27. The molecule has 2 rings (SSSR count). The van der Waals surface area contributed by atoms with Crippen LogP contribution in [0.3, 0.4) is 0 Å². The van der Waals surface area contributed by atoms with Crippen molar-refractivity contribution >= 4 is 5.97 Å². The second-order valence-electron chi connectivity index (χ2n) is 4.29. The number of benzene rings is 1. The van der Waals surface area contributed by atoms with Crippen LogP contribution < -0.4 is 0 Å². The van der Waals surface area contributed by atoms with Gasteiger partial charge in [0.15, 0.2) is 0 Å². The summed E-state index contributed by atoms with van der Waals surface area (Å²) in [4.78, 5) is 19.1. The Kier molecular flexibility index (Phi) is 3.85. The van der Waals surface area contributed by atoms with Crippen LogP contribution in [0.4, 0.5) is 4.39 Å². The van der Waals surface area contributed by atoms with Crippen molar-refractivity contribution in [1.29, 1.82) is 0 Å². The summed E-state index contributed by atoms with van der Waals surface area (Å²) in [6, 6.07) is 4.58. The van der Waals surface area contributed by atoms with E-state index in [-0.39, 0.29) is 12.2 Å². The molecular weight excluding hydrogens is 247 g/mol. The number of aromatic nitrogens is 2. The molecule has 1 atom stereocenters. The molecule has 2 aromatic rings. The standard InChI is InChI=1S/C14H13FN2O2/c1-9-6-10(2-3-12(9)15)11(7-14(18)19)13-8-16-4-5-17-13/h2-6,8,11H,7H2,1H3,(H,18,19). The molecule has 5 heteroatoms. The van der Waals surface area contributed by atoms with Gasteiger partial charge in [0.05, 0.1) is 12.1 Å². The lowest BCUT2D eigenvalue weighted by Gasteiger charge is -2.15. The number of hydrogen-bond donors (Lipinski definition) is 1. The maximum Gasteiger partial charge on any atom is 0.304 e. The number of hydrogen-bond acceptors (Lipinski definition) is 3. The molecule has 1 aromatic heterocycles. The van der Waals surface area contributed by atoms with Gasteiger partial charge in [0.25, 0.3) is 0 Å². The van der Waals surface area contributed by atoms with Crippen LogP contribution >= 0.6 is 0 Å². The van der Waals surface area contributed by atoms with Gasteiger partial charge in [0.2, 0.25) is 0 Å². The number of carboxylic acids is 1. The first-order valence-electron chi connectivity index (χ1n) is 5.81. The summed E-state index contributed by atoms with van der Waals surface area (Å²) in [6.45, 7) is 1.65. The van der Waals surface area contributed by atoms with Gasteiger partial charge in [-0.25, -0.2) is 4.39 Å². The number of aliphatic carboxylic acids is 1. The van der Waals surface area contributed by atoms with Crippen molar-refractivity contribution in [3.63, 3.8) is 0 Å². The van der Waals surface area contributed by atoms with Crippen LogP contribution in [0.25, 0.3) is 0 Å². The number of carbonyl (C=O) groups is 1. The fraction of sp³-hybridized carbons (Fsp3) is 0.214. The predicted molar refractivity (Wildman–Crippen MR) is 67.3 cm³/mol. The summed E-state index contributed by atoms with van der Waals surface area (Å²) in [5.74, 6) is -1.67. The minimum Gasteiger partial charge on any atom is -0.481 e.